The Morgan fingerprint density at radius 2 is 1.61 bits per heavy atom. The molecule has 0 saturated heterocycles. The zero-order chi connectivity index (χ0) is 16.9. The largest absolute Gasteiger partial charge is 0.514 e. The van der Waals surface area contributed by atoms with Gasteiger partial charge in [0.1, 0.15) is 0 Å². The van der Waals surface area contributed by atoms with Gasteiger partial charge < -0.3 is 14.5 Å². The first-order valence-corrected chi connectivity index (χ1v) is 8.64. The number of nitrogens with one attached hydrogen (secondary N) is 1. The van der Waals surface area contributed by atoms with E-state index in [1.54, 1.807) is 6.20 Å². The van der Waals surface area contributed by atoms with Gasteiger partial charge in [-0.05, 0) is 6.42 Å². The molecular weight excluding hydrogens is 294 g/mol. The average molecular weight is 323 g/mol. The molecule has 5 heteroatoms. The van der Waals surface area contributed by atoms with Crippen LogP contribution in [0.3, 0.4) is 0 Å². The summed E-state index contributed by atoms with van der Waals surface area (Å²) in [6, 6.07) is 1.53. The lowest BCUT2D eigenvalue weighted by atomic mass is 10.0. The SMILES string of the molecule is CCCCCCCCCCCC(=O)c1c[nH]c(OC(=O)OC)c1. The van der Waals surface area contributed by atoms with Gasteiger partial charge in [0.25, 0.3) is 0 Å². The molecule has 0 saturated carbocycles. The van der Waals surface area contributed by atoms with Crippen LogP contribution in [-0.4, -0.2) is 24.0 Å². The minimum atomic E-state index is -0.801. The average Bonchev–Trinajstić information content (AvgIpc) is 3.01. The number of ether oxygens (including phenoxy) is 2. The van der Waals surface area contributed by atoms with E-state index in [4.69, 9.17) is 4.74 Å². The highest BCUT2D eigenvalue weighted by atomic mass is 16.7. The zero-order valence-electron chi connectivity index (χ0n) is 14.4. The van der Waals surface area contributed by atoms with Crippen molar-refractivity contribution in [2.24, 2.45) is 0 Å². The Kier molecular flexibility index (Phi) is 9.84. The van der Waals surface area contributed by atoms with Crippen molar-refractivity contribution in [3.63, 3.8) is 0 Å². The minimum absolute atomic E-state index is 0.0731. The van der Waals surface area contributed by atoms with E-state index in [-0.39, 0.29) is 11.7 Å². The van der Waals surface area contributed by atoms with Crippen molar-refractivity contribution in [2.45, 2.75) is 71.1 Å². The summed E-state index contributed by atoms with van der Waals surface area (Å²) in [5.74, 6) is 0.302. The number of H-pyrrole nitrogens is 1. The maximum Gasteiger partial charge on any atom is 0.514 e. The fourth-order valence-corrected chi connectivity index (χ4v) is 2.47. The Labute approximate surface area is 138 Å². The van der Waals surface area contributed by atoms with E-state index in [0.29, 0.717) is 12.0 Å². The Hall–Kier alpha value is -1.78. The summed E-state index contributed by atoms with van der Waals surface area (Å²) < 4.78 is 9.21. The Balaban J connectivity index is 2.11. The summed E-state index contributed by atoms with van der Waals surface area (Å²) in [5.41, 5.74) is 0.545. The molecule has 0 fully saturated rings. The summed E-state index contributed by atoms with van der Waals surface area (Å²) in [7, 11) is 1.24. The topological polar surface area (TPSA) is 68.4 Å². The van der Waals surface area contributed by atoms with Crippen molar-refractivity contribution < 1.29 is 19.1 Å². The molecule has 1 aromatic heterocycles. The van der Waals surface area contributed by atoms with Crippen LogP contribution < -0.4 is 4.74 Å². The Bertz CT molecular complexity index is 467. The number of carbonyl (C=O) groups excluding carboxylic acids is 2. The van der Waals surface area contributed by atoms with Gasteiger partial charge >= 0.3 is 6.16 Å². The molecule has 5 nitrogen and oxygen atoms in total. The standard InChI is InChI=1S/C18H29NO4/c1-3-4-5-6-7-8-9-10-11-12-16(20)15-13-17(19-14-15)23-18(21)22-2/h13-14,19H,3-12H2,1-2H3. The second-order valence-corrected chi connectivity index (χ2v) is 5.81. The van der Waals surface area contributed by atoms with Gasteiger partial charge in [-0.1, -0.05) is 58.3 Å². The van der Waals surface area contributed by atoms with Crippen LogP contribution in [0.15, 0.2) is 12.3 Å². The maximum absolute atomic E-state index is 12.0. The highest BCUT2D eigenvalue weighted by Gasteiger charge is 2.11. The van der Waals surface area contributed by atoms with Crippen LogP contribution in [0.4, 0.5) is 4.79 Å². The first-order chi connectivity index (χ1) is 11.2. The lowest BCUT2D eigenvalue weighted by Crippen LogP contribution is -2.07. The molecule has 0 bridgehead atoms. The fraction of sp³-hybridized carbons (Fsp3) is 0.667. The summed E-state index contributed by atoms with van der Waals surface area (Å²) in [6.07, 6.45) is 12.4. The molecule has 0 spiro atoms. The van der Waals surface area contributed by atoms with Crippen LogP contribution in [0, 0.1) is 0 Å². The third-order valence-corrected chi connectivity index (χ3v) is 3.85. The molecule has 0 unspecified atom stereocenters. The zero-order valence-corrected chi connectivity index (χ0v) is 14.4. The summed E-state index contributed by atoms with van der Waals surface area (Å²) in [5, 5.41) is 0. The van der Waals surface area contributed by atoms with Crippen molar-refractivity contribution >= 4 is 11.9 Å². The van der Waals surface area contributed by atoms with Crippen LogP contribution in [0.25, 0.3) is 0 Å². The van der Waals surface area contributed by atoms with E-state index in [1.165, 1.54) is 58.1 Å². The summed E-state index contributed by atoms with van der Waals surface area (Å²) >= 11 is 0. The van der Waals surface area contributed by atoms with Gasteiger partial charge in [0.2, 0.25) is 5.88 Å². The minimum Gasteiger partial charge on any atom is -0.437 e. The van der Waals surface area contributed by atoms with Crippen LogP contribution in [0.5, 0.6) is 5.88 Å². The second kappa shape index (κ2) is 11.7. The van der Waals surface area contributed by atoms with Crippen molar-refractivity contribution in [1.82, 2.24) is 4.98 Å². The molecule has 0 atom stereocenters. The Morgan fingerprint density at radius 3 is 2.22 bits per heavy atom. The summed E-state index contributed by atoms with van der Waals surface area (Å²) in [4.78, 5) is 25.7. The predicted octanol–water partition coefficient (Wildman–Crippen LogP) is 5.26. The number of Topliss-reactive ketones (excluding diaryl/α,β-unsaturated/α-hetero) is 1. The van der Waals surface area contributed by atoms with Crippen LogP contribution in [0.1, 0.15) is 81.5 Å². The van der Waals surface area contributed by atoms with E-state index in [2.05, 4.69) is 16.6 Å². The maximum atomic E-state index is 12.0. The summed E-state index contributed by atoms with van der Waals surface area (Å²) in [6.45, 7) is 2.23. The van der Waals surface area contributed by atoms with Gasteiger partial charge in [0.05, 0.1) is 7.11 Å². The molecule has 0 aliphatic carbocycles. The Morgan fingerprint density at radius 1 is 1.00 bits per heavy atom. The van der Waals surface area contributed by atoms with Crippen LogP contribution >= 0.6 is 0 Å². The van der Waals surface area contributed by atoms with Crippen molar-refractivity contribution in [2.75, 3.05) is 7.11 Å². The third-order valence-electron chi connectivity index (χ3n) is 3.85. The highest BCUT2D eigenvalue weighted by Crippen LogP contribution is 2.16. The van der Waals surface area contributed by atoms with E-state index >= 15 is 0 Å². The molecule has 130 valence electrons. The van der Waals surface area contributed by atoms with Gasteiger partial charge in [0.15, 0.2) is 5.78 Å². The highest BCUT2D eigenvalue weighted by molar-refractivity contribution is 5.96. The molecule has 0 aromatic carbocycles. The molecule has 1 N–H and O–H groups in total. The number of methoxy groups -OCH3 is 1. The number of hydrogen-bond acceptors (Lipinski definition) is 4. The fourth-order valence-electron chi connectivity index (χ4n) is 2.47. The van der Waals surface area contributed by atoms with E-state index in [1.807, 2.05) is 0 Å². The van der Waals surface area contributed by atoms with Gasteiger partial charge in [-0.15, -0.1) is 0 Å². The van der Waals surface area contributed by atoms with Crippen molar-refractivity contribution in [3.05, 3.63) is 17.8 Å². The first-order valence-electron chi connectivity index (χ1n) is 8.64. The smallest absolute Gasteiger partial charge is 0.437 e. The first kappa shape index (κ1) is 19.3. The normalized spacial score (nSPS) is 10.5. The van der Waals surface area contributed by atoms with E-state index in [9.17, 15) is 9.59 Å². The molecule has 0 aliphatic rings. The van der Waals surface area contributed by atoms with Crippen LogP contribution in [0.2, 0.25) is 0 Å². The number of hydrogen-bond donors (Lipinski definition) is 1. The quantitative estimate of drug-likeness (QED) is 0.323. The van der Waals surface area contributed by atoms with Crippen LogP contribution in [-0.2, 0) is 4.74 Å². The number of aromatic amines is 1. The van der Waals surface area contributed by atoms with E-state index < -0.39 is 6.16 Å². The van der Waals surface area contributed by atoms with Gasteiger partial charge in [0, 0.05) is 24.2 Å². The molecule has 1 heterocycles. The molecule has 0 aliphatic heterocycles. The van der Waals surface area contributed by atoms with Gasteiger partial charge in [-0.25, -0.2) is 4.79 Å². The van der Waals surface area contributed by atoms with Gasteiger partial charge in [-0.2, -0.15) is 0 Å². The van der Waals surface area contributed by atoms with E-state index in [0.717, 1.165) is 12.8 Å². The molecule has 23 heavy (non-hydrogen) atoms. The number of unbranched alkanes of at least 4 members (excludes halogenated alkanes) is 8. The molecule has 1 aromatic rings. The molecule has 1 rings (SSSR count). The number of carbonyl (C=O) groups is 2. The number of aromatic nitrogens is 1. The lowest BCUT2D eigenvalue weighted by molar-refractivity contribution is 0.0978. The lowest BCUT2D eigenvalue weighted by Gasteiger charge is -2.01. The third kappa shape index (κ3) is 8.43. The number of ketones is 1. The molecule has 0 amide bonds. The second-order valence-electron chi connectivity index (χ2n) is 5.81. The molecular formula is C18H29NO4. The molecule has 0 radical (unpaired) electrons. The van der Waals surface area contributed by atoms with Crippen molar-refractivity contribution in [3.8, 4) is 5.88 Å². The predicted molar refractivity (Wildman–Crippen MR) is 90.0 cm³/mol. The van der Waals surface area contributed by atoms with Gasteiger partial charge in [-0.3, -0.25) is 4.79 Å². The van der Waals surface area contributed by atoms with Crippen molar-refractivity contribution in [1.29, 1.82) is 0 Å². The monoisotopic (exact) mass is 323 g/mol. The number of rotatable bonds is 12.